The van der Waals surface area contributed by atoms with E-state index in [0.29, 0.717) is 11.3 Å². The lowest BCUT2D eigenvalue weighted by Gasteiger charge is -2.16. The number of hydrogen-bond acceptors (Lipinski definition) is 3. The highest BCUT2D eigenvalue weighted by molar-refractivity contribution is 5.80. The molecule has 0 aliphatic rings. The molecule has 4 nitrogen and oxygen atoms in total. The number of benzene rings is 2. The number of carbonyl (C=O) groups is 1. The van der Waals surface area contributed by atoms with Gasteiger partial charge in [-0.25, -0.2) is 0 Å². The van der Waals surface area contributed by atoms with E-state index in [1.54, 1.807) is 41.7 Å². The standard InChI is InChI=1S/C18H15F3N2O2/c1-12(17(24)23-11-18(19,20)21)25-16-8-6-15(7-9-16)14-4-2-13(10-22)3-5-14/h2-9,12H,11H2,1H3,(H,23,24). The molecular formula is C18H15F3N2O2. The average molecular weight is 348 g/mol. The molecule has 0 saturated carbocycles. The minimum atomic E-state index is -4.46. The van der Waals surface area contributed by atoms with Gasteiger partial charge in [0.25, 0.3) is 5.91 Å². The molecule has 0 aliphatic heterocycles. The molecule has 0 bridgehead atoms. The van der Waals surface area contributed by atoms with Crippen LogP contribution in [0.5, 0.6) is 5.75 Å². The van der Waals surface area contributed by atoms with Gasteiger partial charge in [-0.15, -0.1) is 0 Å². The molecule has 0 aliphatic carbocycles. The Labute approximate surface area is 142 Å². The molecule has 0 saturated heterocycles. The summed E-state index contributed by atoms with van der Waals surface area (Å²) in [6.07, 6.45) is -5.51. The van der Waals surface area contributed by atoms with E-state index in [-0.39, 0.29) is 0 Å². The Morgan fingerprint density at radius 1 is 1.12 bits per heavy atom. The predicted molar refractivity (Wildman–Crippen MR) is 85.7 cm³/mol. The average Bonchev–Trinajstić information content (AvgIpc) is 2.59. The van der Waals surface area contributed by atoms with Crippen molar-refractivity contribution in [2.45, 2.75) is 19.2 Å². The quantitative estimate of drug-likeness (QED) is 0.897. The van der Waals surface area contributed by atoms with E-state index in [1.807, 2.05) is 18.2 Å². The van der Waals surface area contributed by atoms with Crippen LogP contribution in [-0.2, 0) is 4.79 Å². The van der Waals surface area contributed by atoms with Gasteiger partial charge in [0.1, 0.15) is 12.3 Å². The van der Waals surface area contributed by atoms with Gasteiger partial charge in [-0.3, -0.25) is 4.79 Å². The van der Waals surface area contributed by atoms with Gasteiger partial charge in [0.15, 0.2) is 6.10 Å². The first-order chi connectivity index (χ1) is 11.8. The zero-order chi connectivity index (χ0) is 18.4. The molecule has 1 N–H and O–H groups in total. The number of rotatable bonds is 5. The molecule has 2 aromatic carbocycles. The summed E-state index contributed by atoms with van der Waals surface area (Å²) in [7, 11) is 0. The summed E-state index contributed by atoms with van der Waals surface area (Å²) < 4.78 is 41.6. The van der Waals surface area contributed by atoms with E-state index >= 15 is 0 Å². The molecule has 1 unspecified atom stereocenters. The fourth-order valence-electron chi connectivity index (χ4n) is 2.05. The molecule has 1 atom stereocenters. The predicted octanol–water partition coefficient (Wildman–Crippen LogP) is 3.67. The van der Waals surface area contributed by atoms with Gasteiger partial charge in [-0.2, -0.15) is 18.4 Å². The van der Waals surface area contributed by atoms with Crippen LogP contribution in [0.1, 0.15) is 12.5 Å². The molecule has 7 heteroatoms. The van der Waals surface area contributed by atoms with E-state index in [4.69, 9.17) is 10.00 Å². The summed E-state index contributed by atoms with van der Waals surface area (Å²) >= 11 is 0. The highest BCUT2D eigenvalue weighted by atomic mass is 19.4. The first kappa shape index (κ1) is 18.3. The maximum atomic E-state index is 12.1. The van der Waals surface area contributed by atoms with E-state index in [9.17, 15) is 18.0 Å². The van der Waals surface area contributed by atoms with Crippen molar-refractivity contribution >= 4 is 5.91 Å². The van der Waals surface area contributed by atoms with E-state index in [2.05, 4.69) is 0 Å². The normalized spacial score (nSPS) is 12.1. The minimum Gasteiger partial charge on any atom is -0.481 e. The maximum absolute atomic E-state index is 12.1. The zero-order valence-corrected chi connectivity index (χ0v) is 13.3. The van der Waals surface area contributed by atoms with Crippen molar-refractivity contribution < 1.29 is 22.7 Å². The molecule has 2 aromatic rings. The number of nitrogens with one attached hydrogen (secondary N) is 1. The molecule has 130 valence electrons. The van der Waals surface area contributed by atoms with Crippen LogP contribution in [0, 0.1) is 11.3 Å². The number of nitriles is 1. The van der Waals surface area contributed by atoms with Crippen LogP contribution in [-0.4, -0.2) is 24.7 Å². The second kappa shape index (κ2) is 7.71. The topological polar surface area (TPSA) is 62.1 Å². The lowest BCUT2D eigenvalue weighted by Crippen LogP contribution is -2.41. The fraction of sp³-hybridized carbons (Fsp3) is 0.222. The van der Waals surface area contributed by atoms with E-state index in [0.717, 1.165) is 11.1 Å². The highest BCUT2D eigenvalue weighted by Gasteiger charge is 2.29. The summed E-state index contributed by atoms with van der Waals surface area (Å²) in [5, 5.41) is 10.6. The largest absolute Gasteiger partial charge is 0.481 e. The molecule has 25 heavy (non-hydrogen) atoms. The smallest absolute Gasteiger partial charge is 0.405 e. The maximum Gasteiger partial charge on any atom is 0.405 e. The Balaban J connectivity index is 1.97. The number of amides is 1. The molecule has 0 fully saturated rings. The van der Waals surface area contributed by atoms with Crippen molar-refractivity contribution in [1.82, 2.24) is 5.32 Å². The third kappa shape index (κ3) is 5.53. The Hall–Kier alpha value is -3.01. The van der Waals surface area contributed by atoms with Crippen molar-refractivity contribution in [2.24, 2.45) is 0 Å². The van der Waals surface area contributed by atoms with Crippen LogP contribution in [0.3, 0.4) is 0 Å². The number of alkyl halides is 3. The fourth-order valence-corrected chi connectivity index (χ4v) is 2.05. The van der Waals surface area contributed by atoms with Crippen LogP contribution < -0.4 is 10.1 Å². The Bertz CT molecular complexity index is 763. The van der Waals surface area contributed by atoms with Gasteiger partial charge in [0.05, 0.1) is 11.6 Å². The summed E-state index contributed by atoms with van der Waals surface area (Å²) in [5.74, 6) is -0.472. The van der Waals surface area contributed by atoms with Crippen molar-refractivity contribution in [2.75, 3.05) is 6.54 Å². The molecule has 0 aromatic heterocycles. The van der Waals surface area contributed by atoms with Gasteiger partial charge in [0, 0.05) is 0 Å². The Morgan fingerprint density at radius 2 is 1.64 bits per heavy atom. The second-order valence-electron chi connectivity index (χ2n) is 5.31. The lowest BCUT2D eigenvalue weighted by molar-refractivity contribution is -0.142. The summed E-state index contributed by atoms with van der Waals surface area (Å²) in [6, 6.07) is 15.8. The van der Waals surface area contributed by atoms with Crippen molar-refractivity contribution in [1.29, 1.82) is 5.26 Å². The van der Waals surface area contributed by atoms with E-state index in [1.165, 1.54) is 6.92 Å². The van der Waals surface area contributed by atoms with Crippen molar-refractivity contribution in [3.63, 3.8) is 0 Å². The first-order valence-corrected chi connectivity index (χ1v) is 7.40. The van der Waals surface area contributed by atoms with Crippen molar-refractivity contribution in [3.8, 4) is 22.9 Å². The third-order valence-electron chi connectivity index (χ3n) is 3.35. The zero-order valence-electron chi connectivity index (χ0n) is 13.3. The number of nitrogens with zero attached hydrogens (tertiary/aromatic N) is 1. The first-order valence-electron chi connectivity index (χ1n) is 7.40. The third-order valence-corrected chi connectivity index (χ3v) is 3.35. The van der Waals surface area contributed by atoms with Crippen LogP contribution >= 0.6 is 0 Å². The summed E-state index contributed by atoms with van der Waals surface area (Å²) in [5.41, 5.74) is 2.34. The van der Waals surface area contributed by atoms with Crippen LogP contribution in [0.4, 0.5) is 13.2 Å². The van der Waals surface area contributed by atoms with Gasteiger partial charge in [0.2, 0.25) is 0 Å². The molecule has 1 amide bonds. The van der Waals surface area contributed by atoms with Crippen LogP contribution in [0.15, 0.2) is 48.5 Å². The SMILES string of the molecule is CC(Oc1ccc(-c2ccc(C#N)cc2)cc1)C(=O)NCC(F)(F)F. The number of hydrogen-bond donors (Lipinski definition) is 1. The number of ether oxygens (including phenoxy) is 1. The van der Waals surface area contributed by atoms with Crippen molar-refractivity contribution in [3.05, 3.63) is 54.1 Å². The molecule has 0 heterocycles. The summed E-state index contributed by atoms with van der Waals surface area (Å²) in [4.78, 5) is 11.6. The Kier molecular flexibility index (Phi) is 5.65. The second-order valence-corrected chi connectivity index (χ2v) is 5.31. The Morgan fingerprint density at radius 3 is 2.12 bits per heavy atom. The van der Waals surface area contributed by atoms with Crippen LogP contribution in [0.2, 0.25) is 0 Å². The summed E-state index contributed by atoms with van der Waals surface area (Å²) in [6.45, 7) is -0.0165. The van der Waals surface area contributed by atoms with E-state index < -0.39 is 24.7 Å². The van der Waals surface area contributed by atoms with Gasteiger partial charge < -0.3 is 10.1 Å². The van der Waals surface area contributed by atoms with Crippen LogP contribution in [0.25, 0.3) is 11.1 Å². The lowest BCUT2D eigenvalue weighted by atomic mass is 10.0. The minimum absolute atomic E-state index is 0.368. The highest BCUT2D eigenvalue weighted by Crippen LogP contribution is 2.23. The van der Waals surface area contributed by atoms with Gasteiger partial charge >= 0.3 is 6.18 Å². The van der Waals surface area contributed by atoms with Gasteiger partial charge in [-0.05, 0) is 42.3 Å². The number of carbonyl (C=O) groups excluding carboxylic acids is 1. The molecule has 0 spiro atoms. The van der Waals surface area contributed by atoms with Gasteiger partial charge in [-0.1, -0.05) is 24.3 Å². The monoisotopic (exact) mass is 348 g/mol. The number of halogens is 3. The molecule has 2 rings (SSSR count). The molecule has 0 radical (unpaired) electrons. The molecular weight excluding hydrogens is 333 g/mol.